The van der Waals surface area contributed by atoms with Gasteiger partial charge in [-0.25, -0.2) is 9.13 Å². The van der Waals surface area contributed by atoms with Gasteiger partial charge in [0.05, 0.1) is 6.54 Å². The maximum Gasteiger partial charge on any atom is 0.253 e. The number of hydrogen-bond acceptors (Lipinski definition) is 1. The van der Waals surface area contributed by atoms with Gasteiger partial charge in [-0.05, 0) is 41.9 Å². The van der Waals surface area contributed by atoms with Crippen molar-refractivity contribution < 1.29 is 9.36 Å². The van der Waals surface area contributed by atoms with Gasteiger partial charge in [0.15, 0.2) is 0 Å². The Morgan fingerprint density at radius 1 is 0.914 bits per heavy atom. The number of aryl methyl sites for hydroxylation is 2. The Morgan fingerprint density at radius 2 is 1.49 bits per heavy atom. The lowest BCUT2D eigenvalue weighted by atomic mass is 9.64. The molecule has 178 valence electrons. The predicted molar refractivity (Wildman–Crippen MR) is 139 cm³/mol. The molecule has 2 N–H and O–H groups in total. The van der Waals surface area contributed by atoms with E-state index in [-0.39, 0.29) is 11.8 Å². The molecular formula is C31H34N3O+. The van der Waals surface area contributed by atoms with Crippen LogP contribution >= 0.6 is 0 Å². The van der Waals surface area contributed by atoms with Crippen LogP contribution in [0.5, 0.6) is 0 Å². The topological polar surface area (TPSA) is 51.9 Å². The molecule has 1 fully saturated rings. The summed E-state index contributed by atoms with van der Waals surface area (Å²) in [6.45, 7) is 3.16. The van der Waals surface area contributed by atoms with Crippen molar-refractivity contribution in [3.8, 4) is 0 Å². The monoisotopic (exact) mass is 464 g/mol. The SMILES string of the molecule is Cc1n(C2CCC(C(C(N)=O)(c3ccccc3)c3ccccc3)C2)cc[n+]1CCc1ccccc1. The van der Waals surface area contributed by atoms with E-state index in [2.05, 4.69) is 83.0 Å². The molecule has 2 unspecified atom stereocenters. The van der Waals surface area contributed by atoms with Crippen LogP contribution in [0.1, 0.15) is 47.8 Å². The Kier molecular flexibility index (Phi) is 6.54. The summed E-state index contributed by atoms with van der Waals surface area (Å²) in [5, 5.41) is 0. The fourth-order valence-electron chi connectivity index (χ4n) is 6.16. The van der Waals surface area contributed by atoms with E-state index in [4.69, 9.17) is 5.73 Å². The van der Waals surface area contributed by atoms with Gasteiger partial charge in [0.2, 0.25) is 5.91 Å². The maximum atomic E-state index is 13.4. The van der Waals surface area contributed by atoms with Crippen molar-refractivity contribution in [1.82, 2.24) is 4.57 Å². The second-order valence-electron chi connectivity index (χ2n) is 9.75. The fourth-order valence-corrected chi connectivity index (χ4v) is 6.16. The third-order valence-corrected chi connectivity index (χ3v) is 7.94. The first kappa shape index (κ1) is 23.1. The first-order valence-electron chi connectivity index (χ1n) is 12.6. The lowest BCUT2D eigenvalue weighted by Gasteiger charge is -2.37. The first-order valence-corrected chi connectivity index (χ1v) is 12.6. The van der Waals surface area contributed by atoms with Gasteiger partial charge >= 0.3 is 0 Å². The Balaban J connectivity index is 1.43. The van der Waals surface area contributed by atoms with Gasteiger partial charge in [0.25, 0.3) is 5.82 Å². The second-order valence-corrected chi connectivity index (χ2v) is 9.75. The number of hydrogen-bond donors (Lipinski definition) is 1. The van der Waals surface area contributed by atoms with E-state index in [0.717, 1.165) is 43.4 Å². The zero-order valence-corrected chi connectivity index (χ0v) is 20.4. The van der Waals surface area contributed by atoms with Gasteiger partial charge in [-0.3, -0.25) is 4.79 Å². The van der Waals surface area contributed by atoms with Crippen LogP contribution in [-0.4, -0.2) is 10.5 Å². The number of rotatable bonds is 8. The van der Waals surface area contributed by atoms with Crippen LogP contribution in [0, 0.1) is 12.8 Å². The highest BCUT2D eigenvalue weighted by Gasteiger charge is 2.51. The van der Waals surface area contributed by atoms with Gasteiger partial charge in [-0.15, -0.1) is 0 Å². The Labute approximate surface area is 208 Å². The molecular weight excluding hydrogens is 430 g/mol. The van der Waals surface area contributed by atoms with Crippen LogP contribution < -0.4 is 10.3 Å². The van der Waals surface area contributed by atoms with Crippen LogP contribution in [-0.2, 0) is 23.2 Å². The van der Waals surface area contributed by atoms with Crippen molar-refractivity contribution in [1.29, 1.82) is 0 Å². The van der Waals surface area contributed by atoms with Gasteiger partial charge < -0.3 is 5.73 Å². The lowest BCUT2D eigenvalue weighted by molar-refractivity contribution is -0.702. The number of imidazole rings is 1. The van der Waals surface area contributed by atoms with Gasteiger partial charge in [-0.2, -0.15) is 0 Å². The van der Waals surface area contributed by atoms with Crippen molar-refractivity contribution >= 4 is 5.91 Å². The highest BCUT2D eigenvalue weighted by molar-refractivity contribution is 5.91. The zero-order chi connectivity index (χ0) is 24.3. The van der Waals surface area contributed by atoms with E-state index < -0.39 is 5.41 Å². The number of primary amides is 1. The Bertz CT molecular complexity index is 1230. The molecule has 4 aromatic rings. The summed E-state index contributed by atoms with van der Waals surface area (Å²) in [6.07, 6.45) is 8.33. The molecule has 1 aliphatic carbocycles. The molecule has 0 aliphatic heterocycles. The zero-order valence-electron chi connectivity index (χ0n) is 20.4. The third kappa shape index (κ3) is 4.29. The van der Waals surface area contributed by atoms with Crippen LogP contribution in [0.3, 0.4) is 0 Å². The summed E-state index contributed by atoms with van der Waals surface area (Å²) < 4.78 is 4.75. The normalized spacial score (nSPS) is 18.0. The van der Waals surface area contributed by atoms with Crippen LogP contribution in [0.15, 0.2) is 103 Å². The standard InChI is InChI=1S/C31H33N3O/c1-24-33(20-19-25-11-5-2-6-12-25)21-22-34(24)29-18-17-28(23-29)31(30(32)35,26-13-7-3-8-14-26)27-15-9-4-10-16-27/h2-16,21-22,28-29H,17-20,23H2,1H3,(H-,32,35)/p+1. The molecule has 0 bridgehead atoms. The summed E-state index contributed by atoms with van der Waals surface area (Å²) in [5.74, 6) is 1.13. The molecule has 1 heterocycles. The largest absolute Gasteiger partial charge is 0.369 e. The number of benzene rings is 3. The highest BCUT2D eigenvalue weighted by atomic mass is 16.1. The molecule has 2 atom stereocenters. The Hall–Kier alpha value is -3.66. The third-order valence-electron chi connectivity index (χ3n) is 7.94. The van der Waals surface area contributed by atoms with E-state index in [9.17, 15) is 4.79 Å². The number of nitrogens with zero attached hydrogens (tertiary/aromatic N) is 2. The van der Waals surface area contributed by atoms with Crippen molar-refractivity contribution in [2.24, 2.45) is 11.7 Å². The summed E-state index contributed by atoms with van der Waals surface area (Å²) in [4.78, 5) is 13.4. The van der Waals surface area contributed by atoms with E-state index in [1.54, 1.807) is 0 Å². The first-order chi connectivity index (χ1) is 17.1. The van der Waals surface area contributed by atoms with E-state index in [1.807, 2.05) is 36.4 Å². The number of carbonyl (C=O) groups excluding carboxylic acids is 1. The summed E-state index contributed by atoms with van der Waals surface area (Å²) in [7, 11) is 0. The second kappa shape index (κ2) is 9.91. The van der Waals surface area contributed by atoms with Gasteiger partial charge in [-0.1, -0.05) is 91.0 Å². The summed E-state index contributed by atoms with van der Waals surface area (Å²) in [6, 6.07) is 31.2. The average Bonchev–Trinajstić information content (AvgIpc) is 3.52. The molecule has 0 spiro atoms. The van der Waals surface area contributed by atoms with Gasteiger partial charge in [0, 0.05) is 13.3 Å². The molecule has 5 rings (SSSR count). The molecule has 1 amide bonds. The van der Waals surface area contributed by atoms with Crippen molar-refractivity contribution in [3.63, 3.8) is 0 Å². The molecule has 4 heteroatoms. The minimum absolute atomic E-state index is 0.134. The van der Waals surface area contributed by atoms with E-state index >= 15 is 0 Å². The quantitative estimate of drug-likeness (QED) is 0.361. The molecule has 0 radical (unpaired) electrons. The van der Waals surface area contributed by atoms with Gasteiger partial charge in [0.1, 0.15) is 23.9 Å². The summed E-state index contributed by atoms with van der Waals surface area (Å²) >= 11 is 0. The number of nitrogens with two attached hydrogens (primary N) is 1. The van der Waals surface area contributed by atoms with E-state index in [0.29, 0.717) is 6.04 Å². The van der Waals surface area contributed by atoms with Crippen LogP contribution in [0.25, 0.3) is 0 Å². The number of aromatic nitrogens is 2. The lowest BCUT2D eigenvalue weighted by Crippen LogP contribution is -2.47. The fraction of sp³-hybridized carbons (Fsp3) is 0.290. The van der Waals surface area contributed by atoms with Crippen LogP contribution in [0.4, 0.5) is 0 Å². The Morgan fingerprint density at radius 3 is 2.06 bits per heavy atom. The molecule has 1 aromatic heterocycles. The minimum atomic E-state index is -0.832. The molecule has 35 heavy (non-hydrogen) atoms. The molecule has 0 saturated heterocycles. The van der Waals surface area contributed by atoms with Crippen molar-refractivity contribution in [2.45, 2.75) is 50.6 Å². The summed E-state index contributed by atoms with van der Waals surface area (Å²) in [5.41, 5.74) is 8.78. The molecule has 1 saturated carbocycles. The highest BCUT2D eigenvalue weighted by Crippen LogP contribution is 2.49. The number of carbonyl (C=O) groups is 1. The maximum absolute atomic E-state index is 13.4. The molecule has 4 nitrogen and oxygen atoms in total. The van der Waals surface area contributed by atoms with E-state index in [1.165, 1.54) is 11.4 Å². The predicted octanol–water partition coefficient (Wildman–Crippen LogP) is 5.14. The van der Waals surface area contributed by atoms with Crippen molar-refractivity contribution in [2.75, 3.05) is 0 Å². The average molecular weight is 465 g/mol. The minimum Gasteiger partial charge on any atom is -0.369 e. The number of amides is 1. The van der Waals surface area contributed by atoms with Crippen molar-refractivity contribution in [3.05, 3.63) is 126 Å². The van der Waals surface area contributed by atoms with Crippen LogP contribution in [0.2, 0.25) is 0 Å². The molecule has 3 aromatic carbocycles. The molecule has 1 aliphatic rings. The smallest absolute Gasteiger partial charge is 0.253 e.